The zero-order valence-electron chi connectivity index (χ0n) is 13.1. The van der Waals surface area contributed by atoms with Crippen LogP contribution in [0.2, 0.25) is 0 Å². The van der Waals surface area contributed by atoms with Gasteiger partial charge in [-0.25, -0.2) is 0 Å². The Morgan fingerprint density at radius 2 is 2.05 bits per heavy atom. The Hall–Kier alpha value is -1.81. The molecule has 3 rings (SSSR count). The van der Waals surface area contributed by atoms with Gasteiger partial charge in [0.05, 0.1) is 0 Å². The SMILES string of the molecule is CC1CCN(CCC(=O)C=Cc2ccc3c(c2)OCO3)CC1. The van der Waals surface area contributed by atoms with Crippen molar-refractivity contribution in [3.05, 3.63) is 29.8 Å². The Morgan fingerprint density at radius 3 is 2.86 bits per heavy atom. The number of hydrogen-bond acceptors (Lipinski definition) is 4. The average molecular weight is 301 g/mol. The topological polar surface area (TPSA) is 38.8 Å². The van der Waals surface area contributed by atoms with Gasteiger partial charge < -0.3 is 14.4 Å². The van der Waals surface area contributed by atoms with Crippen molar-refractivity contribution < 1.29 is 14.3 Å². The highest BCUT2D eigenvalue weighted by molar-refractivity contribution is 5.93. The highest BCUT2D eigenvalue weighted by Gasteiger charge is 2.16. The fraction of sp³-hybridized carbons (Fsp3) is 0.500. The highest BCUT2D eigenvalue weighted by atomic mass is 16.7. The lowest BCUT2D eigenvalue weighted by molar-refractivity contribution is -0.114. The molecule has 0 aliphatic carbocycles. The van der Waals surface area contributed by atoms with Crippen LogP contribution in [-0.2, 0) is 4.79 Å². The van der Waals surface area contributed by atoms with Crippen molar-refractivity contribution in [2.24, 2.45) is 5.92 Å². The van der Waals surface area contributed by atoms with Gasteiger partial charge in [0.2, 0.25) is 6.79 Å². The summed E-state index contributed by atoms with van der Waals surface area (Å²) in [6.45, 7) is 5.70. The van der Waals surface area contributed by atoms with E-state index in [2.05, 4.69) is 11.8 Å². The summed E-state index contributed by atoms with van der Waals surface area (Å²) >= 11 is 0. The molecule has 0 unspecified atom stereocenters. The summed E-state index contributed by atoms with van der Waals surface area (Å²) in [6, 6.07) is 5.71. The third-order valence-electron chi connectivity index (χ3n) is 4.41. The van der Waals surface area contributed by atoms with E-state index in [0.717, 1.165) is 42.6 Å². The predicted octanol–water partition coefficient (Wildman–Crippen LogP) is 3.12. The number of ether oxygens (including phenoxy) is 2. The van der Waals surface area contributed by atoms with Crippen molar-refractivity contribution in [1.29, 1.82) is 0 Å². The van der Waals surface area contributed by atoms with E-state index in [1.807, 2.05) is 24.3 Å². The van der Waals surface area contributed by atoms with Crippen LogP contribution in [0.15, 0.2) is 24.3 Å². The number of piperidine rings is 1. The number of hydrogen-bond donors (Lipinski definition) is 0. The Balaban J connectivity index is 1.47. The minimum atomic E-state index is 0.177. The van der Waals surface area contributed by atoms with Crippen molar-refractivity contribution >= 4 is 11.9 Å². The minimum Gasteiger partial charge on any atom is -0.454 e. The largest absolute Gasteiger partial charge is 0.454 e. The van der Waals surface area contributed by atoms with Gasteiger partial charge >= 0.3 is 0 Å². The van der Waals surface area contributed by atoms with E-state index in [4.69, 9.17) is 9.47 Å². The molecule has 0 aromatic heterocycles. The first-order valence-electron chi connectivity index (χ1n) is 8.03. The number of carbonyl (C=O) groups is 1. The van der Waals surface area contributed by atoms with Gasteiger partial charge in [-0.15, -0.1) is 0 Å². The predicted molar refractivity (Wildman–Crippen MR) is 86.1 cm³/mol. The lowest BCUT2D eigenvalue weighted by Crippen LogP contribution is -2.34. The molecule has 0 N–H and O–H groups in total. The summed E-state index contributed by atoms with van der Waals surface area (Å²) in [4.78, 5) is 14.4. The lowest BCUT2D eigenvalue weighted by Gasteiger charge is -2.29. The molecule has 1 fully saturated rings. The summed E-state index contributed by atoms with van der Waals surface area (Å²) in [5.41, 5.74) is 0.962. The van der Waals surface area contributed by atoms with Gasteiger partial charge in [-0.1, -0.05) is 19.1 Å². The van der Waals surface area contributed by atoms with Crippen LogP contribution in [0.25, 0.3) is 6.08 Å². The number of ketones is 1. The summed E-state index contributed by atoms with van der Waals surface area (Å²) in [6.07, 6.45) is 6.62. The van der Waals surface area contributed by atoms with E-state index in [-0.39, 0.29) is 12.6 Å². The molecule has 0 spiro atoms. The summed E-state index contributed by atoms with van der Waals surface area (Å²) in [5, 5.41) is 0. The van der Waals surface area contributed by atoms with Crippen LogP contribution in [0.5, 0.6) is 11.5 Å². The van der Waals surface area contributed by atoms with Crippen molar-refractivity contribution in [1.82, 2.24) is 4.90 Å². The van der Waals surface area contributed by atoms with Gasteiger partial charge in [-0.2, -0.15) is 0 Å². The van der Waals surface area contributed by atoms with E-state index in [1.165, 1.54) is 12.8 Å². The zero-order valence-corrected chi connectivity index (χ0v) is 13.1. The first-order chi connectivity index (χ1) is 10.7. The zero-order chi connectivity index (χ0) is 15.4. The molecule has 118 valence electrons. The standard InChI is InChI=1S/C18H23NO3/c1-14-6-9-19(10-7-14)11-8-16(20)4-2-15-3-5-17-18(12-15)22-13-21-17/h2-5,12,14H,6-11,13H2,1H3. The van der Waals surface area contributed by atoms with Crippen molar-refractivity contribution in [3.8, 4) is 11.5 Å². The number of fused-ring (bicyclic) bond motifs is 1. The quantitative estimate of drug-likeness (QED) is 0.783. The Morgan fingerprint density at radius 1 is 1.27 bits per heavy atom. The molecule has 0 radical (unpaired) electrons. The van der Waals surface area contributed by atoms with Crippen LogP contribution in [-0.4, -0.2) is 37.1 Å². The molecule has 22 heavy (non-hydrogen) atoms. The van der Waals surface area contributed by atoms with Crippen molar-refractivity contribution in [2.75, 3.05) is 26.4 Å². The number of allylic oxidation sites excluding steroid dienone is 1. The molecular weight excluding hydrogens is 278 g/mol. The molecule has 4 heteroatoms. The third kappa shape index (κ3) is 3.89. The second-order valence-corrected chi connectivity index (χ2v) is 6.19. The molecule has 4 nitrogen and oxygen atoms in total. The van der Waals surface area contributed by atoms with Crippen LogP contribution in [0, 0.1) is 5.92 Å². The Kier molecular flexibility index (Phi) is 4.78. The summed E-state index contributed by atoms with van der Waals surface area (Å²) < 4.78 is 10.6. The molecule has 1 saturated heterocycles. The van der Waals surface area contributed by atoms with Gasteiger partial charge in [0.1, 0.15) is 0 Å². The number of carbonyl (C=O) groups excluding carboxylic acids is 1. The van der Waals surface area contributed by atoms with Gasteiger partial charge in [0, 0.05) is 13.0 Å². The van der Waals surface area contributed by atoms with E-state index in [9.17, 15) is 4.79 Å². The Bertz CT molecular complexity index is 559. The first-order valence-corrected chi connectivity index (χ1v) is 8.03. The molecular formula is C18H23NO3. The van der Waals surface area contributed by atoms with Crippen LogP contribution in [0.4, 0.5) is 0 Å². The molecule has 2 aliphatic rings. The van der Waals surface area contributed by atoms with Gasteiger partial charge in [-0.05, 0) is 55.6 Å². The normalized spacial score (nSPS) is 19.0. The smallest absolute Gasteiger partial charge is 0.231 e. The van der Waals surface area contributed by atoms with E-state index >= 15 is 0 Å². The molecule has 0 saturated carbocycles. The minimum absolute atomic E-state index is 0.177. The second kappa shape index (κ2) is 6.97. The Labute approximate surface area is 131 Å². The molecule has 1 aromatic rings. The van der Waals surface area contributed by atoms with E-state index in [1.54, 1.807) is 6.08 Å². The van der Waals surface area contributed by atoms with E-state index in [0.29, 0.717) is 6.42 Å². The molecule has 2 aliphatic heterocycles. The van der Waals surface area contributed by atoms with Crippen LogP contribution in [0.1, 0.15) is 31.7 Å². The molecule has 0 bridgehead atoms. The van der Waals surface area contributed by atoms with Crippen LogP contribution >= 0.6 is 0 Å². The number of benzene rings is 1. The average Bonchev–Trinajstić information content (AvgIpc) is 3.00. The maximum atomic E-state index is 12.0. The van der Waals surface area contributed by atoms with Gasteiger partial charge in [0.15, 0.2) is 17.3 Å². The number of likely N-dealkylation sites (tertiary alicyclic amines) is 1. The van der Waals surface area contributed by atoms with Crippen LogP contribution in [0.3, 0.4) is 0 Å². The molecule has 1 aromatic carbocycles. The van der Waals surface area contributed by atoms with E-state index < -0.39 is 0 Å². The second-order valence-electron chi connectivity index (χ2n) is 6.19. The first kappa shape index (κ1) is 15.1. The summed E-state index contributed by atoms with van der Waals surface area (Å²) in [5.74, 6) is 2.52. The van der Waals surface area contributed by atoms with Crippen LogP contribution < -0.4 is 9.47 Å². The molecule has 2 heterocycles. The van der Waals surface area contributed by atoms with Crippen molar-refractivity contribution in [2.45, 2.75) is 26.2 Å². The monoisotopic (exact) mass is 301 g/mol. The third-order valence-corrected chi connectivity index (χ3v) is 4.41. The molecule has 0 amide bonds. The molecule has 0 atom stereocenters. The van der Waals surface area contributed by atoms with Gasteiger partial charge in [-0.3, -0.25) is 4.79 Å². The maximum absolute atomic E-state index is 12.0. The van der Waals surface area contributed by atoms with Gasteiger partial charge in [0.25, 0.3) is 0 Å². The summed E-state index contributed by atoms with van der Waals surface area (Å²) in [7, 11) is 0. The number of rotatable bonds is 5. The van der Waals surface area contributed by atoms with Crippen molar-refractivity contribution in [3.63, 3.8) is 0 Å². The fourth-order valence-corrected chi connectivity index (χ4v) is 2.84. The maximum Gasteiger partial charge on any atom is 0.231 e. The highest BCUT2D eigenvalue weighted by Crippen LogP contribution is 2.32. The lowest BCUT2D eigenvalue weighted by atomic mass is 9.99. The fourth-order valence-electron chi connectivity index (χ4n) is 2.84. The number of nitrogens with zero attached hydrogens (tertiary/aromatic N) is 1.